The van der Waals surface area contributed by atoms with Crippen LogP contribution in [-0.2, 0) is 23.9 Å². The molecule has 0 aliphatic heterocycles. The number of ether oxygens (including phenoxy) is 2. The number of amides is 1. The number of carbonyl (C=O) groups excluding carboxylic acids is 3. The van der Waals surface area contributed by atoms with Crippen LogP contribution in [0.5, 0.6) is 0 Å². The maximum Gasteiger partial charge on any atom is 0.305 e. The molecular weight excluding hydrogens is 779 g/mol. The Kier molecular flexibility index (Phi) is 47.1. The van der Waals surface area contributed by atoms with Gasteiger partial charge >= 0.3 is 11.9 Å². The van der Waals surface area contributed by atoms with Gasteiger partial charge in [0.1, 0.15) is 0 Å². The molecule has 0 fully saturated rings. The van der Waals surface area contributed by atoms with E-state index in [-0.39, 0.29) is 18.0 Å². The Morgan fingerprint density at radius 3 is 1.00 bits per heavy atom. The van der Waals surface area contributed by atoms with Gasteiger partial charge in [0, 0.05) is 31.8 Å². The third-order valence-corrected chi connectivity index (χ3v) is 13.7. The van der Waals surface area contributed by atoms with Gasteiger partial charge in [-0.25, -0.2) is 0 Å². The summed E-state index contributed by atoms with van der Waals surface area (Å²) >= 11 is 0. The van der Waals surface area contributed by atoms with Gasteiger partial charge in [0.15, 0.2) is 0 Å². The molecule has 0 radical (unpaired) electrons. The summed E-state index contributed by atoms with van der Waals surface area (Å²) in [6.07, 6.45) is 47.8. The van der Waals surface area contributed by atoms with Crippen LogP contribution >= 0.6 is 0 Å². The van der Waals surface area contributed by atoms with E-state index in [4.69, 9.17) is 9.47 Å². The third kappa shape index (κ3) is 40.4. The van der Waals surface area contributed by atoms with Crippen molar-refractivity contribution in [3.05, 3.63) is 0 Å². The summed E-state index contributed by atoms with van der Waals surface area (Å²) in [5, 5.41) is 0. The minimum atomic E-state index is -0.0327. The van der Waals surface area contributed by atoms with Crippen LogP contribution in [0.15, 0.2) is 0 Å². The molecule has 0 aromatic carbocycles. The molecule has 6 nitrogen and oxygen atoms in total. The molecular formula is C57H111NO5. The second kappa shape index (κ2) is 48.3. The van der Waals surface area contributed by atoms with Crippen LogP contribution < -0.4 is 0 Å². The molecule has 0 N–H and O–H groups in total. The Bertz CT molecular complexity index is 928. The summed E-state index contributed by atoms with van der Waals surface area (Å²) in [7, 11) is 0. The molecule has 0 saturated heterocycles. The van der Waals surface area contributed by atoms with Gasteiger partial charge in [0.2, 0.25) is 5.91 Å². The lowest BCUT2D eigenvalue weighted by atomic mass is 9.95. The largest absolute Gasteiger partial charge is 0.465 e. The second-order valence-corrected chi connectivity index (χ2v) is 19.9. The normalized spacial score (nSPS) is 12.9. The van der Waals surface area contributed by atoms with Crippen molar-refractivity contribution in [1.82, 2.24) is 4.90 Å². The zero-order chi connectivity index (χ0) is 46.3. The predicted octanol–water partition coefficient (Wildman–Crippen LogP) is 18.0. The van der Waals surface area contributed by atoms with Gasteiger partial charge in [-0.2, -0.15) is 0 Å². The molecule has 63 heavy (non-hydrogen) atoms. The molecule has 374 valence electrons. The Morgan fingerprint density at radius 2 is 0.619 bits per heavy atom. The van der Waals surface area contributed by atoms with E-state index < -0.39 is 0 Å². The smallest absolute Gasteiger partial charge is 0.305 e. The van der Waals surface area contributed by atoms with Crippen molar-refractivity contribution in [3.8, 4) is 0 Å². The third-order valence-electron chi connectivity index (χ3n) is 13.7. The Balaban J connectivity index is 5.14. The number of nitrogens with zero attached hydrogens (tertiary/aromatic N) is 1. The van der Waals surface area contributed by atoms with Crippen molar-refractivity contribution in [2.45, 2.75) is 317 Å². The SMILES string of the molecule is CCCCCCCCC(CCCCCC)COC(=O)CCCCCC(CCCCCC(=O)OCC(CCCCCC)CCCCCCCC)N(CCCC)C(=O)CCCCCCC. The highest BCUT2D eigenvalue weighted by molar-refractivity contribution is 5.76. The molecule has 0 saturated carbocycles. The minimum absolute atomic E-state index is 0.0327. The molecule has 2 atom stereocenters. The second-order valence-electron chi connectivity index (χ2n) is 19.9. The quantitative estimate of drug-likeness (QED) is 0.0449. The summed E-state index contributed by atoms with van der Waals surface area (Å²) in [5.74, 6) is 1.26. The molecule has 0 bridgehead atoms. The Morgan fingerprint density at radius 1 is 0.333 bits per heavy atom. The molecule has 0 spiro atoms. The average Bonchev–Trinajstić information content (AvgIpc) is 3.28. The monoisotopic (exact) mass is 890 g/mol. The number of unbranched alkanes of at least 4 members (excludes halogenated alkanes) is 25. The van der Waals surface area contributed by atoms with Gasteiger partial charge in [-0.3, -0.25) is 14.4 Å². The Hall–Kier alpha value is -1.59. The zero-order valence-electron chi connectivity index (χ0n) is 43.5. The van der Waals surface area contributed by atoms with E-state index in [9.17, 15) is 14.4 Å². The first kappa shape index (κ1) is 61.4. The average molecular weight is 891 g/mol. The van der Waals surface area contributed by atoms with Crippen LogP contribution in [0, 0.1) is 11.8 Å². The number of esters is 2. The maximum absolute atomic E-state index is 13.8. The molecule has 1 amide bonds. The first-order valence-corrected chi connectivity index (χ1v) is 28.5. The summed E-state index contributed by atoms with van der Waals surface area (Å²) < 4.78 is 11.8. The van der Waals surface area contributed by atoms with E-state index in [1.54, 1.807) is 0 Å². The highest BCUT2D eigenvalue weighted by Crippen LogP contribution is 2.24. The minimum Gasteiger partial charge on any atom is -0.465 e. The van der Waals surface area contributed by atoms with Crippen molar-refractivity contribution in [2.75, 3.05) is 19.8 Å². The molecule has 0 aliphatic carbocycles. The van der Waals surface area contributed by atoms with E-state index >= 15 is 0 Å². The van der Waals surface area contributed by atoms with Gasteiger partial charge in [-0.05, 0) is 76.0 Å². The van der Waals surface area contributed by atoms with Gasteiger partial charge in [-0.1, -0.05) is 228 Å². The molecule has 0 aliphatic rings. The van der Waals surface area contributed by atoms with Crippen molar-refractivity contribution in [3.63, 3.8) is 0 Å². The first-order chi connectivity index (χ1) is 30.9. The lowest BCUT2D eigenvalue weighted by molar-refractivity contribution is -0.146. The summed E-state index contributed by atoms with van der Waals surface area (Å²) in [6.45, 7) is 15.5. The van der Waals surface area contributed by atoms with Gasteiger partial charge in [0.05, 0.1) is 13.2 Å². The first-order valence-electron chi connectivity index (χ1n) is 28.5. The maximum atomic E-state index is 13.8. The van der Waals surface area contributed by atoms with Crippen molar-refractivity contribution >= 4 is 17.8 Å². The molecule has 0 aromatic rings. The summed E-state index contributed by atoms with van der Waals surface area (Å²) in [4.78, 5) is 41.8. The zero-order valence-corrected chi connectivity index (χ0v) is 43.5. The molecule has 0 aromatic heterocycles. The van der Waals surface area contributed by atoms with Crippen molar-refractivity contribution in [1.29, 1.82) is 0 Å². The molecule has 6 heteroatoms. The van der Waals surface area contributed by atoms with Crippen LogP contribution in [0.25, 0.3) is 0 Å². The summed E-state index contributed by atoms with van der Waals surface area (Å²) in [6, 6.07) is 0.226. The number of hydrogen-bond donors (Lipinski definition) is 0. The highest BCUT2D eigenvalue weighted by atomic mass is 16.5. The number of hydrogen-bond acceptors (Lipinski definition) is 5. The number of carbonyl (C=O) groups is 3. The molecule has 2 unspecified atom stereocenters. The van der Waals surface area contributed by atoms with Crippen LogP contribution in [-0.4, -0.2) is 48.5 Å². The van der Waals surface area contributed by atoms with E-state index in [2.05, 4.69) is 46.4 Å². The fraction of sp³-hybridized carbons (Fsp3) is 0.947. The van der Waals surface area contributed by atoms with Crippen LogP contribution in [0.1, 0.15) is 311 Å². The fourth-order valence-corrected chi connectivity index (χ4v) is 9.31. The van der Waals surface area contributed by atoms with E-state index in [0.717, 1.165) is 83.6 Å². The number of rotatable bonds is 50. The lowest BCUT2D eigenvalue weighted by Gasteiger charge is -2.32. The standard InChI is InChI=1S/C57H111NO5/c1-7-13-19-24-27-33-42-52(40-31-22-16-10-4)50-62-56(60)47-38-29-35-44-54(58(49-18-12-6)55(59)46-37-26-21-15-9-3)45-36-30-39-48-57(61)63-51-53(41-32-23-17-11-5)43-34-28-25-20-14-8-2/h52-54H,7-51H2,1-6H3. The summed E-state index contributed by atoms with van der Waals surface area (Å²) in [5.41, 5.74) is 0. The van der Waals surface area contributed by atoms with E-state index in [1.807, 2.05) is 0 Å². The van der Waals surface area contributed by atoms with Gasteiger partial charge in [-0.15, -0.1) is 0 Å². The van der Waals surface area contributed by atoms with E-state index in [1.165, 1.54) is 173 Å². The van der Waals surface area contributed by atoms with Crippen molar-refractivity contribution < 1.29 is 23.9 Å². The van der Waals surface area contributed by atoms with Crippen LogP contribution in [0.2, 0.25) is 0 Å². The lowest BCUT2D eigenvalue weighted by Crippen LogP contribution is -2.41. The Labute approximate surface area is 394 Å². The molecule has 0 rings (SSSR count). The highest BCUT2D eigenvalue weighted by Gasteiger charge is 2.23. The van der Waals surface area contributed by atoms with Crippen LogP contribution in [0.4, 0.5) is 0 Å². The van der Waals surface area contributed by atoms with Gasteiger partial charge in [0.25, 0.3) is 0 Å². The van der Waals surface area contributed by atoms with Crippen LogP contribution in [0.3, 0.4) is 0 Å². The topological polar surface area (TPSA) is 72.9 Å². The van der Waals surface area contributed by atoms with E-state index in [0.29, 0.717) is 50.2 Å². The van der Waals surface area contributed by atoms with Gasteiger partial charge < -0.3 is 14.4 Å². The van der Waals surface area contributed by atoms with Crippen molar-refractivity contribution in [2.24, 2.45) is 11.8 Å². The molecule has 0 heterocycles. The fourth-order valence-electron chi connectivity index (χ4n) is 9.31. The predicted molar refractivity (Wildman–Crippen MR) is 272 cm³/mol.